The Morgan fingerprint density at radius 1 is 1.35 bits per heavy atom. The molecule has 0 radical (unpaired) electrons. The molecule has 1 aromatic carbocycles. The van der Waals surface area contributed by atoms with Crippen molar-refractivity contribution >= 4 is 23.5 Å². The minimum atomic E-state index is -1.42. The lowest BCUT2D eigenvalue weighted by Crippen LogP contribution is -2.57. The predicted octanol–water partition coefficient (Wildman–Crippen LogP) is 0.473. The molecule has 120 valence electrons. The van der Waals surface area contributed by atoms with Gasteiger partial charge in [0, 0.05) is 29.9 Å². The zero-order valence-electron chi connectivity index (χ0n) is 12.4. The fourth-order valence-corrected chi connectivity index (χ4v) is 2.84. The number of fused-ring (bicyclic) bond motifs is 1. The van der Waals surface area contributed by atoms with Gasteiger partial charge in [0.2, 0.25) is 5.91 Å². The number of carboxylic acid groups (broad SMARTS) is 1. The van der Waals surface area contributed by atoms with E-state index < -0.39 is 17.4 Å². The lowest BCUT2D eigenvalue weighted by molar-refractivity contribution is -0.147. The molecule has 0 aromatic heterocycles. The largest absolute Gasteiger partial charge is 0.479 e. The van der Waals surface area contributed by atoms with Gasteiger partial charge in [0.25, 0.3) is 5.91 Å². The van der Waals surface area contributed by atoms with Gasteiger partial charge in [0.05, 0.1) is 6.61 Å². The molecule has 2 N–H and O–H groups in total. The molecule has 7 nitrogen and oxygen atoms in total. The number of nitrogens with one attached hydrogen (secondary N) is 1. The Hall–Kier alpha value is -2.67. The molecule has 1 saturated heterocycles. The van der Waals surface area contributed by atoms with Crippen molar-refractivity contribution < 1.29 is 24.2 Å². The van der Waals surface area contributed by atoms with Crippen LogP contribution >= 0.6 is 0 Å². The van der Waals surface area contributed by atoms with Crippen LogP contribution in [-0.2, 0) is 14.3 Å². The number of hydrogen-bond donors (Lipinski definition) is 2. The monoisotopic (exact) mass is 316 g/mol. The van der Waals surface area contributed by atoms with Crippen LogP contribution in [0.5, 0.6) is 0 Å². The van der Waals surface area contributed by atoms with E-state index in [1.54, 1.807) is 24.3 Å². The first-order chi connectivity index (χ1) is 10.9. The second kappa shape index (κ2) is 5.51. The maximum Gasteiger partial charge on any atom is 0.331 e. The highest BCUT2D eigenvalue weighted by molar-refractivity contribution is 6.10. The maximum atomic E-state index is 12.3. The van der Waals surface area contributed by atoms with E-state index in [0.29, 0.717) is 16.8 Å². The smallest absolute Gasteiger partial charge is 0.331 e. The summed E-state index contributed by atoms with van der Waals surface area (Å²) < 4.78 is 5.09. The Bertz CT molecular complexity index is 671. The molecule has 1 atom stereocenters. The van der Waals surface area contributed by atoms with Crippen molar-refractivity contribution in [2.24, 2.45) is 0 Å². The van der Waals surface area contributed by atoms with Gasteiger partial charge in [0.15, 0.2) is 5.54 Å². The van der Waals surface area contributed by atoms with Crippen LogP contribution in [0.2, 0.25) is 0 Å². The molecular weight excluding hydrogens is 300 g/mol. The fourth-order valence-electron chi connectivity index (χ4n) is 2.84. The number of carboxylic acids is 1. The molecule has 2 heterocycles. The Morgan fingerprint density at radius 3 is 2.61 bits per heavy atom. The molecule has 1 aromatic rings. The van der Waals surface area contributed by atoms with Crippen molar-refractivity contribution in [2.75, 3.05) is 19.8 Å². The van der Waals surface area contributed by atoms with E-state index in [-0.39, 0.29) is 32.1 Å². The number of nitrogens with zero attached hydrogens (tertiary/aromatic N) is 1. The SMILES string of the molecule is C=C1c2ccccc2C(=O)N1CC(=O)NC1(C(=O)O)CCOC1. The second-order valence-corrected chi connectivity index (χ2v) is 5.62. The third kappa shape index (κ3) is 2.49. The number of hydrogen-bond acceptors (Lipinski definition) is 4. The van der Waals surface area contributed by atoms with Gasteiger partial charge in [0.1, 0.15) is 6.54 Å². The highest BCUT2D eigenvalue weighted by atomic mass is 16.5. The zero-order chi connectivity index (χ0) is 16.6. The van der Waals surface area contributed by atoms with Crippen LogP contribution < -0.4 is 5.32 Å². The van der Waals surface area contributed by atoms with Gasteiger partial charge in [-0.15, -0.1) is 0 Å². The summed E-state index contributed by atoms with van der Waals surface area (Å²) in [6.07, 6.45) is 0.198. The van der Waals surface area contributed by atoms with E-state index in [9.17, 15) is 19.5 Å². The molecule has 0 aliphatic carbocycles. The van der Waals surface area contributed by atoms with Crippen LogP contribution in [-0.4, -0.2) is 53.1 Å². The van der Waals surface area contributed by atoms with E-state index in [4.69, 9.17) is 4.74 Å². The first-order valence-electron chi connectivity index (χ1n) is 7.17. The summed E-state index contributed by atoms with van der Waals surface area (Å²) in [5.41, 5.74) is 0.186. The summed E-state index contributed by atoms with van der Waals surface area (Å²) in [7, 11) is 0. The molecule has 3 rings (SSSR count). The highest BCUT2D eigenvalue weighted by Gasteiger charge is 2.44. The summed E-state index contributed by atoms with van der Waals surface area (Å²) in [5.74, 6) is -2.01. The number of rotatable bonds is 4. The second-order valence-electron chi connectivity index (χ2n) is 5.62. The number of carbonyl (C=O) groups is 3. The molecule has 0 saturated carbocycles. The fraction of sp³-hybridized carbons (Fsp3) is 0.312. The maximum absolute atomic E-state index is 12.3. The standard InChI is InChI=1S/C16H16N2O5/c1-10-11-4-2-3-5-12(11)14(20)18(10)8-13(19)17-16(15(21)22)6-7-23-9-16/h2-5H,1,6-9H2,(H,17,19)(H,21,22). The van der Waals surface area contributed by atoms with Crippen LogP contribution in [0.15, 0.2) is 30.8 Å². The first-order valence-corrected chi connectivity index (χ1v) is 7.17. The summed E-state index contributed by atoms with van der Waals surface area (Å²) in [4.78, 5) is 37.2. The molecule has 2 aliphatic rings. The Kier molecular flexibility index (Phi) is 3.65. The van der Waals surface area contributed by atoms with Crippen molar-refractivity contribution in [2.45, 2.75) is 12.0 Å². The molecule has 2 amide bonds. The van der Waals surface area contributed by atoms with Crippen molar-refractivity contribution in [1.29, 1.82) is 0 Å². The average molecular weight is 316 g/mol. The molecule has 0 bridgehead atoms. The molecule has 23 heavy (non-hydrogen) atoms. The van der Waals surface area contributed by atoms with Gasteiger partial charge in [-0.05, 0) is 6.07 Å². The normalized spacial score (nSPS) is 23.0. The van der Waals surface area contributed by atoms with Crippen molar-refractivity contribution in [1.82, 2.24) is 10.2 Å². The van der Waals surface area contributed by atoms with Crippen LogP contribution in [0.1, 0.15) is 22.3 Å². The number of aliphatic carboxylic acids is 1. The lowest BCUT2D eigenvalue weighted by Gasteiger charge is -2.25. The molecule has 7 heteroatoms. The van der Waals surface area contributed by atoms with Gasteiger partial charge in [-0.3, -0.25) is 14.5 Å². The van der Waals surface area contributed by atoms with E-state index >= 15 is 0 Å². The highest BCUT2D eigenvalue weighted by Crippen LogP contribution is 2.30. The van der Waals surface area contributed by atoms with Gasteiger partial charge in [-0.1, -0.05) is 24.8 Å². The van der Waals surface area contributed by atoms with Gasteiger partial charge < -0.3 is 15.2 Å². The molecule has 1 fully saturated rings. The number of carbonyl (C=O) groups excluding carboxylic acids is 2. The van der Waals surface area contributed by atoms with E-state index in [1.165, 1.54) is 4.90 Å². The van der Waals surface area contributed by atoms with E-state index in [2.05, 4.69) is 11.9 Å². The van der Waals surface area contributed by atoms with Crippen molar-refractivity contribution in [3.63, 3.8) is 0 Å². The topological polar surface area (TPSA) is 95.9 Å². The number of amides is 2. The van der Waals surface area contributed by atoms with Crippen LogP contribution in [0.3, 0.4) is 0 Å². The number of ether oxygens (including phenoxy) is 1. The van der Waals surface area contributed by atoms with Gasteiger partial charge in [-0.25, -0.2) is 4.79 Å². The molecule has 1 unspecified atom stereocenters. The minimum Gasteiger partial charge on any atom is -0.479 e. The lowest BCUT2D eigenvalue weighted by atomic mass is 9.99. The van der Waals surface area contributed by atoms with E-state index in [0.717, 1.165) is 0 Å². The summed E-state index contributed by atoms with van der Waals surface area (Å²) >= 11 is 0. The summed E-state index contributed by atoms with van der Waals surface area (Å²) in [6.45, 7) is 3.76. The summed E-state index contributed by atoms with van der Waals surface area (Å²) in [6, 6.07) is 6.96. The first kappa shape index (κ1) is 15.2. The van der Waals surface area contributed by atoms with Crippen LogP contribution in [0, 0.1) is 0 Å². The molecular formula is C16H16N2O5. The van der Waals surface area contributed by atoms with Gasteiger partial charge >= 0.3 is 5.97 Å². The Balaban J connectivity index is 1.73. The van der Waals surface area contributed by atoms with Crippen LogP contribution in [0.25, 0.3) is 5.70 Å². The Labute approximate surface area is 132 Å². The predicted molar refractivity (Wildman–Crippen MR) is 80.5 cm³/mol. The quantitative estimate of drug-likeness (QED) is 0.842. The third-order valence-corrected chi connectivity index (χ3v) is 4.15. The number of benzene rings is 1. The third-order valence-electron chi connectivity index (χ3n) is 4.15. The Morgan fingerprint density at radius 2 is 2.04 bits per heavy atom. The zero-order valence-corrected chi connectivity index (χ0v) is 12.4. The van der Waals surface area contributed by atoms with E-state index in [1.807, 2.05) is 0 Å². The van der Waals surface area contributed by atoms with Crippen LogP contribution in [0.4, 0.5) is 0 Å². The summed E-state index contributed by atoms with van der Waals surface area (Å²) in [5, 5.41) is 11.8. The molecule has 0 spiro atoms. The van der Waals surface area contributed by atoms with Gasteiger partial charge in [-0.2, -0.15) is 0 Å². The minimum absolute atomic E-state index is 0.0802. The van der Waals surface area contributed by atoms with Crippen molar-refractivity contribution in [3.05, 3.63) is 42.0 Å². The average Bonchev–Trinajstić information content (AvgIpc) is 3.08. The van der Waals surface area contributed by atoms with Crippen molar-refractivity contribution in [3.8, 4) is 0 Å². The molecule has 2 aliphatic heterocycles.